The Balaban J connectivity index is 0.00000600. The van der Waals surface area contributed by atoms with E-state index in [-0.39, 0.29) is 36.9 Å². The number of morpholine rings is 1. The van der Waals surface area contributed by atoms with Crippen LogP contribution in [0, 0.1) is 18.3 Å². The number of aromatic nitrogens is 7. The van der Waals surface area contributed by atoms with E-state index in [4.69, 9.17) is 46.1 Å². The number of H-pyrrole nitrogens is 1. The maximum absolute atomic E-state index is 14.4. The molecule has 0 saturated carbocycles. The van der Waals surface area contributed by atoms with E-state index >= 15 is 0 Å². The summed E-state index contributed by atoms with van der Waals surface area (Å²) in [5.41, 5.74) is 9.18. The molecule has 2 aliphatic heterocycles. The SMILES string of the molecule is C#CCOCCOCCOCCNc1nc(N2CCOCC2)nc(N2CCN(C(=O)[C@H](Cc3cc4ccccc4[nH]3)n3cc([C@@H](N)C(C)CC)nn3)CC2)n1.[Cl-]. The lowest BCUT2D eigenvalue weighted by Gasteiger charge is -2.36. The molecule has 0 spiro atoms. The Bertz CT molecular complexity index is 1810. The summed E-state index contributed by atoms with van der Waals surface area (Å²) < 4.78 is 23.7. The van der Waals surface area contributed by atoms with Crippen LogP contribution in [0.25, 0.3) is 10.9 Å². The lowest BCUT2D eigenvalue weighted by atomic mass is 9.98. The number of para-hydroxylation sites is 1. The number of halogens is 1. The Labute approximate surface area is 334 Å². The highest BCUT2D eigenvalue weighted by atomic mass is 35.5. The van der Waals surface area contributed by atoms with Crippen molar-refractivity contribution in [3.05, 3.63) is 47.9 Å². The molecule has 4 aromatic rings. The Kier molecular flexibility index (Phi) is 16.5. The van der Waals surface area contributed by atoms with Crippen molar-refractivity contribution in [1.82, 2.24) is 39.8 Å². The van der Waals surface area contributed by atoms with Crippen LogP contribution in [0.2, 0.25) is 0 Å². The van der Waals surface area contributed by atoms with Gasteiger partial charge in [0.2, 0.25) is 23.8 Å². The van der Waals surface area contributed by atoms with Crippen molar-refractivity contribution in [2.75, 3.05) is 114 Å². The standard InChI is InChI=1S/C38H54N12O5.ClH/c1-4-17-52-21-23-55-24-22-53-18-10-40-36-42-37(44-38(43-36)49-15-19-54-20-16-49)48-13-11-47(12-14-48)35(51)33(26-30-25-29-8-6-7-9-31(29)41-30)50-27-32(45-46-50)34(39)28(3)5-2;/h1,6-9,25,27-28,33-34,41H,5,10-24,26,39H2,2-3H3,(H,40,42,43,44);1H/p-1/t28?,33-,34-;/m0./s1. The third-order valence-corrected chi connectivity index (χ3v) is 9.97. The molecule has 17 nitrogen and oxygen atoms in total. The number of aromatic amines is 1. The molecule has 18 heteroatoms. The van der Waals surface area contributed by atoms with Crippen LogP contribution in [-0.2, 0) is 30.2 Å². The van der Waals surface area contributed by atoms with Crippen LogP contribution in [0.5, 0.6) is 0 Å². The van der Waals surface area contributed by atoms with Crippen LogP contribution in [0.3, 0.4) is 0 Å². The molecule has 2 aliphatic rings. The van der Waals surface area contributed by atoms with E-state index in [9.17, 15) is 4.79 Å². The minimum Gasteiger partial charge on any atom is -1.00 e. The van der Waals surface area contributed by atoms with Gasteiger partial charge < -0.3 is 62.1 Å². The Morgan fingerprint density at radius 1 is 0.982 bits per heavy atom. The van der Waals surface area contributed by atoms with Crippen LogP contribution >= 0.6 is 0 Å². The first-order valence-corrected chi connectivity index (χ1v) is 19.2. The van der Waals surface area contributed by atoms with Gasteiger partial charge >= 0.3 is 0 Å². The highest BCUT2D eigenvalue weighted by Gasteiger charge is 2.32. The maximum Gasteiger partial charge on any atom is 0.248 e. The van der Waals surface area contributed by atoms with E-state index < -0.39 is 6.04 Å². The van der Waals surface area contributed by atoms with Gasteiger partial charge in [-0.15, -0.1) is 11.5 Å². The third-order valence-electron chi connectivity index (χ3n) is 9.97. The van der Waals surface area contributed by atoms with Gasteiger partial charge in [-0.2, -0.15) is 15.0 Å². The second-order valence-corrected chi connectivity index (χ2v) is 13.7. The predicted octanol–water partition coefficient (Wildman–Crippen LogP) is -0.942. The summed E-state index contributed by atoms with van der Waals surface area (Å²) in [5, 5.41) is 13.3. The first-order chi connectivity index (χ1) is 26.9. The fraction of sp³-hybridized carbons (Fsp3) is 0.579. The fourth-order valence-corrected chi connectivity index (χ4v) is 6.51. The first kappa shape index (κ1) is 42.6. The molecular formula is C38H54ClN12O5-. The molecule has 1 unspecified atom stereocenters. The Hall–Kier alpha value is -4.57. The molecule has 0 radical (unpaired) electrons. The molecule has 2 fully saturated rings. The van der Waals surface area contributed by atoms with Crippen LogP contribution in [0.15, 0.2) is 36.5 Å². The summed E-state index contributed by atoms with van der Waals surface area (Å²) >= 11 is 0. The monoisotopic (exact) mass is 793 g/mol. The topological polar surface area (TPSA) is 187 Å². The molecule has 2 saturated heterocycles. The summed E-state index contributed by atoms with van der Waals surface area (Å²) in [4.78, 5) is 38.4. The van der Waals surface area contributed by atoms with Crippen LogP contribution in [-0.4, -0.2) is 144 Å². The van der Waals surface area contributed by atoms with Gasteiger partial charge in [0, 0.05) is 63.4 Å². The number of amides is 1. The van der Waals surface area contributed by atoms with Crippen LogP contribution < -0.4 is 33.3 Å². The molecule has 304 valence electrons. The van der Waals surface area contributed by atoms with Crippen molar-refractivity contribution in [2.24, 2.45) is 11.7 Å². The number of piperazine rings is 1. The van der Waals surface area contributed by atoms with Crippen molar-refractivity contribution in [1.29, 1.82) is 0 Å². The summed E-state index contributed by atoms with van der Waals surface area (Å²) in [6, 6.07) is 9.32. The zero-order chi connectivity index (χ0) is 38.4. The predicted molar refractivity (Wildman–Crippen MR) is 209 cm³/mol. The van der Waals surface area contributed by atoms with Crippen molar-refractivity contribution in [2.45, 2.75) is 38.8 Å². The van der Waals surface area contributed by atoms with E-state index in [1.165, 1.54) is 0 Å². The summed E-state index contributed by atoms with van der Waals surface area (Å²) in [6.45, 7) is 11.9. The van der Waals surface area contributed by atoms with E-state index in [1.54, 1.807) is 4.68 Å². The average molecular weight is 794 g/mol. The quantitative estimate of drug-likeness (QED) is 0.0735. The van der Waals surface area contributed by atoms with Gasteiger partial charge in [0.05, 0.1) is 64.2 Å². The van der Waals surface area contributed by atoms with Crippen molar-refractivity contribution in [3.63, 3.8) is 0 Å². The number of hydrogen-bond donors (Lipinski definition) is 3. The average Bonchev–Trinajstić information content (AvgIpc) is 3.89. The number of carbonyl (C=O) groups is 1. The molecule has 4 N–H and O–H groups in total. The summed E-state index contributed by atoms with van der Waals surface area (Å²) in [5.74, 6) is 4.24. The van der Waals surface area contributed by atoms with Gasteiger partial charge in [0.1, 0.15) is 12.6 Å². The number of ether oxygens (including phenoxy) is 4. The van der Waals surface area contributed by atoms with Crippen molar-refractivity contribution >= 4 is 34.7 Å². The molecule has 1 aromatic carbocycles. The molecule has 0 bridgehead atoms. The number of nitrogens with zero attached hydrogens (tertiary/aromatic N) is 9. The summed E-state index contributed by atoms with van der Waals surface area (Å²) in [6.07, 6.45) is 8.36. The molecular weight excluding hydrogens is 740 g/mol. The molecule has 1 amide bonds. The van der Waals surface area contributed by atoms with Crippen LogP contribution in [0.1, 0.15) is 43.7 Å². The number of benzene rings is 1. The highest BCUT2D eigenvalue weighted by Crippen LogP contribution is 2.26. The minimum absolute atomic E-state index is 0. The van der Waals surface area contributed by atoms with E-state index in [0.717, 1.165) is 23.0 Å². The molecule has 3 atom stereocenters. The fourth-order valence-electron chi connectivity index (χ4n) is 6.51. The van der Waals surface area contributed by atoms with Gasteiger partial charge in [-0.3, -0.25) is 4.79 Å². The largest absolute Gasteiger partial charge is 1.00 e. The smallest absolute Gasteiger partial charge is 0.248 e. The second-order valence-electron chi connectivity index (χ2n) is 13.7. The van der Waals surface area contributed by atoms with Gasteiger partial charge in [-0.1, -0.05) is 49.6 Å². The van der Waals surface area contributed by atoms with Gasteiger partial charge in [0.15, 0.2) is 0 Å². The summed E-state index contributed by atoms with van der Waals surface area (Å²) in [7, 11) is 0. The van der Waals surface area contributed by atoms with Gasteiger partial charge in [0.25, 0.3) is 0 Å². The lowest BCUT2D eigenvalue weighted by Crippen LogP contribution is -3.00. The molecule has 56 heavy (non-hydrogen) atoms. The molecule has 5 heterocycles. The zero-order valence-electron chi connectivity index (χ0n) is 32.3. The highest BCUT2D eigenvalue weighted by molar-refractivity contribution is 5.83. The second kappa shape index (κ2) is 21.7. The van der Waals surface area contributed by atoms with Crippen LogP contribution in [0.4, 0.5) is 17.8 Å². The normalized spacial score (nSPS) is 16.3. The zero-order valence-corrected chi connectivity index (χ0v) is 33.1. The first-order valence-electron chi connectivity index (χ1n) is 19.2. The minimum atomic E-state index is -0.604. The number of nitrogens with one attached hydrogen (secondary N) is 2. The number of nitrogens with two attached hydrogens (primary N) is 1. The van der Waals surface area contributed by atoms with Gasteiger partial charge in [-0.25, -0.2) is 4.68 Å². The van der Waals surface area contributed by atoms with E-state index in [0.29, 0.717) is 122 Å². The maximum atomic E-state index is 14.4. The number of hydrogen-bond acceptors (Lipinski definition) is 14. The Morgan fingerprint density at radius 3 is 2.36 bits per heavy atom. The number of carbonyl (C=O) groups excluding carboxylic acids is 1. The van der Waals surface area contributed by atoms with E-state index in [1.807, 2.05) is 29.3 Å². The number of fused-ring (bicyclic) bond motifs is 1. The third kappa shape index (κ3) is 11.5. The van der Waals surface area contributed by atoms with Crippen molar-refractivity contribution in [3.8, 4) is 12.3 Å². The Morgan fingerprint density at radius 2 is 1.66 bits per heavy atom. The number of terminal acetylenes is 1. The lowest BCUT2D eigenvalue weighted by molar-refractivity contribution is -0.135. The van der Waals surface area contributed by atoms with Gasteiger partial charge in [-0.05, 0) is 23.4 Å². The van der Waals surface area contributed by atoms with E-state index in [2.05, 4.69) is 62.3 Å². The molecule has 6 rings (SSSR count). The molecule has 0 aliphatic carbocycles. The number of rotatable bonds is 20. The van der Waals surface area contributed by atoms with Crippen molar-refractivity contribution < 1.29 is 36.1 Å². The number of anilines is 3. The molecule has 3 aromatic heterocycles.